The van der Waals surface area contributed by atoms with Gasteiger partial charge in [0.05, 0.1) is 14.4 Å². The van der Waals surface area contributed by atoms with Crippen LogP contribution in [0.1, 0.15) is 4.88 Å². The number of aryl methyl sites for hydroxylation is 1. The molecule has 0 fully saturated rings. The van der Waals surface area contributed by atoms with Crippen LogP contribution in [-0.4, -0.2) is 46.7 Å². The molecular weight excluding hydrogens is 362 g/mol. The molecule has 0 amide bonds. The third kappa shape index (κ3) is 4.02. The molecule has 0 aliphatic carbocycles. The van der Waals surface area contributed by atoms with Crippen molar-refractivity contribution in [2.45, 2.75) is 11.8 Å². The highest BCUT2D eigenvalue weighted by Crippen LogP contribution is 2.31. The van der Waals surface area contributed by atoms with E-state index in [1.807, 2.05) is 0 Å². The number of hydrogen-bond acceptors (Lipinski definition) is 5. The Hall–Kier alpha value is 0.0400. The Kier molecular flexibility index (Phi) is 4.99. The Morgan fingerprint density at radius 2 is 1.89 bits per heavy atom. The molecule has 0 saturated heterocycles. The van der Waals surface area contributed by atoms with E-state index >= 15 is 0 Å². The maximum atomic E-state index is 12.2. The molecule has 0 N–H and O–H groups in total. The van der Waals surface area contributed by atoms with Crippen LogP contribution in [0.3, 0.4) is 0 Å². The van der Waals surface area contributed by atoms with E-state index in [0.717, 1.165) is 14.3 Å². The summed E-state index contributed by atoms with van der Waals surface area (Å²) in [5.41, 5.74) is 0. The standard InChI is InChI=1S/C9H14BrNO4S3/c1-7-8(6-9(10)16-7)18(14,15)11(2)4-5-17(3,12)13/h6H,4-5H2,1-3H3. The van der Waals surface area contributed by atoms with E-state index in [0.29, 0.717) is 4.88 Å². The van der Waals surface area contributed by atoms with Crippen LogP contribution in [0.2, 0.25) is 0 Å². The third-order valence-electron chi connectivity index (χ3n) is 2.31. The lowest BCUT2D eigenvalue weighted by atomic mass is 10.5. The van der Waals surface area contributed by atoms with Crippen LogP contribution in [0, 0.1) is 6.92 Å². The molecule has 0 unspecified atom stereocenters. The lowest BCUT2D eigenvalue weighted by Gasteiger charge is -2.16. The van der Waals surface area contributed by atoms with Crippen molar-refractivity contribution in [2.24, 2.45) is 0 Å². The first-order valence-electron chi connectivity index (χ1n) is 4.94. The lowest BCUT2D eigenvalue weighted by molar-refractivity contribution is 0.484. The zero-order valence-electron chi connectivity index (χ0n) is 10.2. The Morgan fingerprint density at radius 1 is 1.33 bits per heavy atom. The van der Waals surface area contributed by atoms with E-state index in [1.54, 1.807) is 6.92 Å². The fraction of sp³-hybridized carbons (Fsp3) is 0.556. The molecular formula is C9H14BrNO4S3. The van der Waals surface area contributed by atoms with Gasteiger partial charge in [0.25, 0.3) is 0 Å². The summed E-state index contributed by atoms with van der Waals surface area (Å²) < 4.78 is 48.3. The van der Waals surface area contributed by atoms with Gasteiger partial charge in [-0.2, -0.15) is 4.31 Å². The minimum Gasteiger partial charge on any atom is -0.229 e. The second-order valence-corrected chi connectivity index (χ2v) is 10.8. The van der Waals surface area contributed by atoms with E-state index < -0.39 is 19.9 Å². The van der Waals surface area contributed by atoms with Gasteiger partial charge in [-0.1, -0.05) is 0 Å². The summed E-state index contributed by atoms with van der Waals surface area (Å²) in [7, 11) is -5.42. The van der Waals surface area contributed by atoms with Gasteiger partial charge in [-0.25, -0.2) is 16.8 Å². The van der Waals surface area contributed by atoms with Crippen molar-refractivity contribution in [1.82, 2.24) is 4.31 Å². The van der Waals surface area contributed by atoms with E-state index in [2.05, 4.69) is 15.9 Å². The first-order valence-corrected chi connectivity index (χ1v) is 10.0. The topological polar surface area (TPSA) is 71.5 Å². The SMILES string of the molecule is Cc1sc(Br)cc1S(=O)(=O)N(C)CCS(C)(=O)=O. The summed E-state index contributed by atoms with van der Waals surface area (Å²) in [4.78, 5) is 0.892. The molecule has 18 heavy (non-hydrogen) atoms. The normalized spacial score (nSPS) is 13.2. The van der Waals surface area contributed by atoms with Crippen LogP contribution in [-0.2, 0) is 19.9 Å². The van der Waals surface area contributed by atoms with Gasteiger partial charge >= 0.3 is 0 Å². The predicted molar refractivity (Wildman–Crippen MR) is 76.3 cm³/mol. The van der Waals surface area contributed by atoms with Crippen LogP contribution < -0.4 is 0 Å². The highest BCUT2D eigenvalue weighted by Gasteiger charge is 2.25. The van der Waals surface area contributed by atoms with E-state index in [9.17, 15) is 16.8 Å². The molecule has 0 aliphatic heterocycles. The fourth-order valence-corrected chi connectivity index (χ4v) is 5.54. The van der Waals surface area contributed by atoms with Gasteiger partial charge in [0.2, 0.25) is 10.0 Å². The van der Waals surface area contributed by atoms with Gasteiger partial charge < -0.3 is 0 Å². The van der Waals surface area contributed by atoms with Crippen LogP contribution in [0.5, 0.6) is 0 Å². The second-order valence-electron chi connectivity index (χ2n) is 3.93. The summed E-state index contributed by atoms with van der Waals surface area (Å²) >= 11 is 4.56. The third-order valence-corrected chi connectivity index (χ3v) is 6.90. The summed E-state index contributed by atoms with van der Waals surface area (Å²) in [5.74, 6) is -0.187. The molecule has 9 heteroatoms. The fourth-order valence-electron chi connectivity index (χ4n) is 1.27. The number of halogens is 1. The van der Waals surface area contributed by atoms with E-state index in [1.165, 1.54) is 24.5 Å². The molecule has 0 atom stereocenters. The molecule has 0 aliphatic rings. The van der Waals surface area contributed by atoms with Crippen LogP contribution in [0.4, 0.5) is 0 Å². The molecule has 1 heterocycles. The van der Waals surface area contributed by atoms with Gasteiger partial charge in [0.15, 0.2) is 0 Å². The number of thiophene rings is 1. The summed E-state index contributed by atoms with van der Waals surface area (Å²) in [6, 6.07) is 1.53. The number of rotatable bonds is 5. The van der Waals surface area contributed by atoms with Gasteiger partial charge in [-0.15, -0.1) is 11.3 Å². The van der Waals surface area contributed by atoms with Gasteiger partial charge in [0, 0.05) is 24.7 Å². The van der Waals surface area contributed by atoms with Crippen molar-refractivity contribution in [3.63, 3.8) is 0 Å². The summed E-state index contributed by atoms with van der Waals surface area (Å²) in [5, 5.41) is 0. The second kappa shape index (κ2) is 5.58. The molecule has 5 nitrogen and oxygen atoms in total. The smallest absolute Gasteiger partial charge is 0.229 e. The minimum absolute atomic E-state index is 0.0475. The number of sulfone groups is 1. The zero-order valence-corrected chi connectivity index (χ0v) is 14.2. The van der Waals surface area contributed by atoms with E-state index in [4.69, 9.17) is 0 Å². The van der Waals surface area contributed by atoms with Crippen LogP contribution >= 0.6 is 27.3 Å². The predicted octanol–water partition coefficient (Wildman–Crippen LogP) is 1.48. The molecule has 1 aromatic heterocycles. The van der Waals surface area contributed by atoms with Gasteiger partial charge in [-0.05, 0) is 28.9 Å². The highest BCUT2D eigenvalue weighted by atomic mass is 79.9. The van der Waals surface area contributed by atoms with Crippen LogP contribution in [0.15, 0.2) is 14.7 Å². The molecule has 0 bridgehead atoms. The van der Waals surface area contributed by atoms with Gasteiger partial charge in [0.1, 0.15) is 9.84 Å². The Labute approximate surface area is 120 Å². The quantitative estimate of drug-likeness (QED) is 0.781. The Bertz CT molecular complexity index is 633. The zero-order chi connectivity index (χ0) is 14.1. The molecule has 0 spiro atoms. The Morgan fingerprint density at radius 3 is 2.28 bits per heavy atom. The van der Waals surface area contributed by atoms with Crippen molar-refractivity contribution < 1.29 is 16.8 Å². The van der Waals surface area contributed by atoms with E-state index in [-0.39, 0.29) is 17.2 Å². The van der Waals surface area contributed by atoms with Crippen LogP contribution in [0.25, 0.3) is 0 Å². The lowest BCUT2D eigenvalue weighted by Crippen LogP contribution is -2.31. The molecule has 0 aromatic carbocycles. The average molecular weight is 376 g/mol. The van der Waals surface area contributed by atoms with Crippen molar-refractivity contribution >= 4 is 47.1 Å². The largest absolute Gasteiger partial charge is 0.243 e. The van der Waals surface area contributed by atoms with Crippen molar-refractivity contribution in [1.29, 1.82) is 0 Å². The molecule has 1 rings (SSSR count). The highest BCUT2D eigenvalue weighted by molar-refractivity contribution is 9.11. The molecule has 0 saturated carbocycles. The first kappa shape index (κ1) is 16.1. The number of hydrogen-bond donors (Lipinski definition) is 0. The first-order chi connectivity index (χ1) is 8.04. The average Bonchev–Trinajstić information content (AvgIpc) is 2.53. The maximum absolute atomic E-state index is 12.2. The minimum atomic E-state index is -3.62. The molecule has 0 radical (unpaired) electrons. The summed E-state index contributed by atoms with van der Waals surface area (Å²) in [6.45, 7) is 1.67. The summed E-state index contributed by atoms with van der Waals surface area (Å²) in [6.07, 6.45) is 1.08. The monoisotopic (exact) mass is 375 g/mol. The molecule has 104 valence electrons. The van der Waals surface area contributed by atoms with Crippen molar-refractivity contribution in [3.8, 4) is 0 Å². The van der Waals surface area contributed by atoms with Gasteiger partial charge in [-0.3, -0.25) is 0 Å². The number of nitrogens with zero attached hydrogens (tertiary/aromatic N) is 1. The molecule has 1 aromatic rings. The Balaban J connectivity index is 2.97. The van der Waals surface area contributed by atoms with Crippen molar-refractivity contribution in [2.75, 3.05) is 25.6 Å². The number of sulfonamides is 1. The van der Waals surface area contributed by atoms with Crippen molar-refractivity contribution in [3.05, 3.63) is 14.7 Å². The maximum Gasteiger partial charge on any atom is 0.243 e.